The normalized spacial score (nSPS) is 10.4. The second-order valence-corrected chi connectivity index (χ2v) is 3.53. The lowest BCUT2D eigenvalue weighted by molar-refractivity contribution is 0.628. The maximum atomic E-state index is 12.8. The fourth-order valence-electron chi connectivity index (χ4n) is 1.48. The molecule has 0 radical (unpaired) electrons. The van der Waals surface area contributed by atoms with Crippen LogP contribution in [0.4, 0.5) is 4.39 Å². The summed E-state index contributed by atoms with van der Waals surface area (Å²) in [6.45, 7) is 2.22. The molecule has 2 rings (SSSR count). The maximum Gasteiger partial charge on any atom is 0.142 e. The van der Waals surface area contributed by atoms with E-state index in [4.69, 9.17) is 5.73 Å². The number of rotatable bonds is 2. The molecule has 0 saturated carbocycles. The first kappa shape index (κ1) is 10.7. The van der Waals surface area contributed by atoms with Crippen molar-refractivity contribution in [3.8, 4) is 11.3 Å². The number of nitrogens with zero attached hydrogens (tertiary/aromatic N) is 2. The first-order chi connectivity index (χ1) is 7.70. The van der Waals surface area contributed by atoms with Gasteiger partial charge in [-0.05, 0) is 36.8 Å². The summed E-state index contributed by atoms with van der Waals surface area (Å²) in [6, 6.07) is 6.23. The first-order valence-electron chi connectivity index (χ1n) is 4.99. The molecule has 16 heavy (non-hydrogen) atoms. The molecule has 1 aromatic carbocycles. The lowest BCUT2D eigenvalue weighted by Gasteiger charge is -2.06. The zero-order valence-corrected chi connectivity index (χ0v) is 8.94. The summed E-state index contributed by atoms with van der Waals surface area (Å²) in [7, 11) is 0. The van der Waals surface area contributed by atoms with Crippen molar-refractivity contribution in [1.29, 1.82) is 0 Å². The third-order valence-corrected chi connectivity index (χ3v) is 2.32. The van der Waals surface area contributed by atoms with E-state index in [0.717, 1.165) is 16.8 Å². The number of halogens is 1. The van der Waals surface area contributed by atoms with Gasteiger partial charge >= 0.3 is 0 Å². The molecule has 3 nitrogen and oxygen atoms in total. The number of benzene rings is 1. The summed E-state index contributed by atoms with van der Waals surface area (Å²) < 4.78 is 12.8. The van der Waals surface area contributed by atoms with Gasteiger partial charge in [-0.25, -0.2) is 14.4 Å². The van der Waals surface area contributed by atoms with Gasteiger partial charge in [0, 0.05) is 11.8 Å². The Morgan fingerprint density at radius 1 is 1.25 bits per heavy atom. The highest BCUT2D eigenvalue weighted by atomic mass is 19.1. The van der Waals surface area contributed by atoms with Crippen LogP contribution in [-0.2, 0) is 6.54 Å². The maximum absolute atomic E-state index is 12.8. The number of hydrogen-bond acceptors (Lipinski definition) is 3. The molecule has 1 aromatic heterocycles. The predicted octanol–water partition coefficient (Wildman–Crippen LogP) is 2.05. The van der Waals surface area contributed by atoms with Crippen molar-refractivity contribution in [3.63, 3.8) is 0 Å². The van der Waals surface area contributed by atoms with Crippen LogP contribution in [0.3, 0.4) is 0 Å². The second-order valence-electron chi connectivity index (χ2n) is 3.53. The molecule has 0 spiro atoms. The average Bonchev–Trinajstić information content (AvgIpc) is 2.31. The molecule has 2 N–H and O–H groups in total. The lowest BCUT2D eigenvalue weighted by atomic mass is 10.1. The highest BCUT2D eigenvalue weighted by molar-refractivity contribution is 5.62. The van der Waals surface area contributed by atoms with Gasteiger partial charge < -0.3 is 5.73 Å². The van der Waals surface area contributed by atoms with Gasteiger partial charge in [-0.15, -0.1) is 0 Å². The van der Waals surface area contributed by atoms with Crippen molar-refractivity contribution in [2.45, 2.75) is 13.5 Å². The van der Waals surface area contributed by atoms with E-state index in [1.54, 1.807) is 18.3 Å². The van der Waals surface area contributed by atoms with Crippen molar-refractivity contribution in [3.05, 3.63) is 47.7 Å². The quantitative estimate of drug-likeness (QED) is 0.837. The van der Waals surface area contributed by atoms with Crippen LogP contribution < -0.4 is 5.73 Å². The van der Waals surface area contributed by atoms with Crippen molar-refractivity contribution in [1.82, 2.24) is 9.97 Å². The molecule has 0 fully saturated rings. The van der Waals surface area contributed by atoms with Crippen LogP contribution in [0.5, 0.6) is 0 Å². The van der Waals surface area contributed by atoms with Gasteiger partial charge in [0.05, 0.1) is 12.2 Å². The summed E-state index contributed by atoms with van der Waals surface area (Å²) in [5, 5.41) is 0. The van der Waals surface area contributed by atoms with Crippen LogP contribution >= 0.6 is 0 Å². The Morgan fingerprint density at radius 3 is 2.56 bits per heavy atom. The molecule has 2 aromatic rings. The summed E-state index contributed by atoms with van der Waals surface area (Å²) in [5.41, 5.74) is 8.11. The van der Waals surface area contributed by atoms with Crippen LogP contribution in [0.15, 0.2) is 30.5 Å². The van der Waals surface area contributed by atoms with Gasteiger partial charge in [-0.1, -0.05) is 0 Å². The van der Waals surface area contributed by atoms with Gasteiger partial charge in [0.15, 0.2) is 0 Å². The fourth-order valence-corrected chi connectivity index (χ4v) is 1.48. The molecule has 1 heterocycles. The third kappa shape index (κ3) is 2.06. The van der Waals surface area contributed by atoms with Crippen LogP contribution in [-0.4, -0.2) is 9.97 Å². The Kier molecular flexibility index (Phi) is 2.92. The van der Waals surface area contributed by atoms with E-state index < -0.39 is 0 Å². The third-order valence-electron chi connectivity index (χ3n) is 2.32. The highest BCUT2D eigenvalue weighted by Gasteiger charge is 2.05. The summed E-state index contributed by atoms with van der Waals surface area (Å²) in [4.78, 5) is 8.42. The molecule has 0 saturated heterocycles. The van der Waals surface area contributed by atoms with Crippen molar-refractivity contribution in [2.75, 3.05) is 0 Å². The zero-order chi connectivity index (χ0) is 11.5. The molecule has 0 aliphatic heterocycles. The molecular weight excluding hydrogens is 205 g/mol. The number of nitrogens with two attached hydrogens (primary N) is 1. The predicted molar refractivity (Wildman–Crippen MR) is 60.1 cm³/mol. The fraction of sp³-hybridized carbons (Fsp3) is 0.167. The largest absolute Gasteiger partial charge is 0.324 e. The SMILES string of the molecule is Cc1cnc(CN)nc1-c1ccc(F)cc1. The molecular formula is C12H12FN3. The van der Waals surface area contributed by atoms with E-state index in [9.17, 15) is 4.39 Å². The molecule has 0 aliphatic carbocycles. The second kappa shape index (κ2) is 4.37. The molecule has 82 valence electrons. The van der Waals surface area contributed by atoms with Crippen LogP contribution in [0.25, 0.3) is 11.3 Å². The molecule has 0 unspecified atom stereocenters. The van der Waals surface area contributed by atoms with Gasteiger partial charge in [-0.2, -0.15) is 0 Å². The summed E-state index contributed by atoms with van der Waals surface area (Å²) >= 11 is 0. The van der Waals surface area contributed by atoms with E-state index in [-0.39, 0.29) is 5.82 Å². The zero-order valence-electron chi connectivity index (χ0n) is 8.94. The van der Waals surface area contributed by atoms with E-state index in [1.165, 1.54) is 12.1 Å². The lowest BCUT2D eigenvalue weighted by Crippen LogP contribution is -2.04. The minimum atomic E-state index is -0.255. The Labute approximate surface area is 93.2 Å². The average molecular weight is 217 g/mol. The Morgan fingerprint density at radius 2 is 1.94 bits per heavy atom. The Hall–Kier alpha value is -1.81. The number of aromatic nitrogens is 2. The topological polar surface area (TPSA) is 51.8 Å². The van der Waals surface area contributed by atoms with E-state index in [1.807, 2.05) is 6.92 Å². The monoisotopic (exact) mass is 217 g/mol. The molecule has 0 amide bonds. The number of aryl methyl sites for hydroxylation is 1. The van der Waals surface area contributed by atoms with Crippen LogP contribution in [0.1, 0.15) is 11.4 Å². The Bertz CT molecular complexity index is 494. The van der Waals surface area contributed by atoms with Crippen molar-refractivity contribution < 1.29 is 4.39 Å². The first-order valence-corrected chi connectivity index (χ1v) is 4.99. The van der Waals surface area contributed by atoms with Gasteiger partial charge in [0.25, 0.3) is 0 Å². The van der Waals surface area contributed by atoms with Gasteiger partial charge in [-0.3, -0.25) is 0 Å². The van der Waals surface area contributed by atoms with Gasteiger partial charge in [0.1, 0.15) is 11.6 Å². The van der Waals surface area contributed by atoms with Crippen LogP contribution in [0.2, 0.25) is 0 Å². The number of hydrogen-bond donors (Lipinski definition) is 1. The minimum absolute atomic E-state index is 0.255. The van der Waals surface area contributed by atoms with Crippen molar-refractivity contribution >= 4 is 0 Å². The highest BCUT2D eigenvalue weighted by Crippen LogP contribution is 2.20. The summed E-state index contributed by atoms with van der Waals surface area (Å²) in [6.07, 6.45) is 1.73. The molecule has 4 heteroatoms. The smallest absolute Gasteiger partial charge is 0.142 e. The van der Waals surface area contributed by atoms with E-state index >= 15 is 0 Å². The Balaban J connectivity index is 2.50. The van der Waals surface area contributed by atoms with E-state index in [0.29, 0.717) is 12.4 Å². The molecule has 0 atom stereocenters. The van der Waals surface area contributed by atoms with E-state index in [2.05, 4.69) is 9.97 Å². The molecule has 0 bridgehead atoms. The standard InChI is InChI=1S/C12H12FN3/c1-8-7-15-11(6-14)16-12(8)9-2-4-10(13)5-3-9/h2-5,7H,6,14H2,1H3. The van der Waals surface area contributed by atoms with Gasteiger partial charge in [0.2, 0.25) is 0 Å². The van der Waals surface area contributed by atoms with Crippen molar-refractivity contribution in [2.24, 2.45) is 5.73 Å². The minimum Gasteiger partial charge on any atom is -0.324 e. The van der Waals surface area contributed by atoms with Crippen LogP contribution in [0, 0.1) is 12.7 Å². The summed E-state index contributed by atoms with van der Waals surface area (Å²) in [5.74, 6) is 0.333. The molecule has 0 aliphatic rings.